The number of hydrogen-bond donors (Lipinski definition) is 1. The van der Waals surface area contributed by atoms with Gasteiger partial charge in [-0.05, 0) is 24.3 Å². The molecule has 1 saturated heterocycles. The SMILES string of the molecule is O=C(CN1CCN(C(=O)Nc2c(F)cccc2F)CC1)c1ccco1. The zero-order chi connectivity index (χ0) is 17.8. The van der Waals surface area contributed by atoms with Crippen molar-refractivity contribution in [2.24, 2.45) is 0 Å². The van der Waals surface area contributed by atoms with Crippen molar-refractivity contribution >= 4 is 17.5 Å². The fraction of sp³-hybridized carbons (Fsp3) is 0.294. The fourth-order valence-corrected chi connectivity index (χ4v) is 2.63. The average Bonchev–Trinajstić information content (AvgIpc) is 3.13. The third kappa shape index (κ3) is 4.03. The number of rotatable bonds is 4. The number of halogens is 2. The second-order valence-corrected chi connectivity index (χ2v) is 5.69. The Morgan fingerprint density at radius 3 is 2.32 bits per heavy atom. The third-order valence-corrected chi connectivity index (χ3v) is 4.02. The number of nitrogens with zero attached hydrogens (tertiary/aromatic N) is 2. The molecular formula is C17H17F2N3O3. The molecule has 8 heteroatoms. The molecule has 1 aliphatic heterocycles. The molecule has 6 nitrogen and oxygen atoms in total. The lowest BCUT2D eigenvalue weighted by Gasteiger charge is -2.34. The number of benzene rings is 1. The Balaban J connectivity index is 1.52. The molecule has 3 rings (SSSR count). The Hall–Kier alpha value is -2.74. The van der Waals surface area contributed by atoms with E-state index in [9.17, 15) is 18.4 Å². The van der Waals surface area contributed by atoms with E-state index >= 15 is 0 Å². The van der Waals surface area contributed by atoms with Gasteiger partial charge >= 0.3 is 6.03 Å². The maximum atomic E-state index is 13.6. The van der Waals surface area contributed by atoms with Crippen LogP contribution < -0.4 is 5.32 Å². The summed E-state index contributed by atoms with van der Waals surface area (Å²) in [4.78, 5) is 27.5. The van der Waals surface area contributed by atoms with Crippen molar-refractivity contribution in [1.82, 2.24) is 9.80 Å². The maximum Gasteiger partial charge on any atom is 0.322 e. The maximum absolute atomic E-state index is 13.6. The monoisotopic (exact) mass is 349 g/mol. The number of amides is 2. The molecule has 2 heterocycles. The van der Waals surface area contributed by atoms with Crippen molar-refractivity contribution in [3.63, 3.8) is 0 Å². The number of furan rings is 1. The first-order valence-corrected chi connectivity index (χ1v) is 7.83. The molecule has 0 spiro atoms. The lowest BCUT2D eigenvalue weighted by molar-refractivity contribution is 0.0857. The van der Waals surface area contributed by atoms with Gasteiger partial charge in [0, 0.05) is 26.2 Å². The van der Waals surface area contributed by atoms with Crippen molar-refractivity contribution in [1.29, 1.82) is 0 Å². The van der Waals surface area contributed by atoms with Crippen LogP contribution in [0, 0.1) is 11.6 Å². The zero-order valence-electron chi connectivity index (χ0n) is 13.4. The first-order chi connectivity index (χ1) is 12.0. The van der Waals surface area contributed by atoms with Crippen LogP contribution in [0.25, 0.3) is 0 Å². The van der Waals surface area contributed by atoms with Gasteiger partial charge in [-0.25, -0.2) is 13.6 Å². The molecule has 1 fully saturated rings. The smallest absolute Gasteiger partial charge is 0.322 e. The first kappa shape index (κ1) is 17.1. The van der Waals surface area contributed by atoms with Gasteiger partial charge in [0.2, 0.25) is 5.78 Å². The van der Waals surface area contributed by atoms with Gasteiger partial charge in [-0.3, -0.25) is 9.69 Å². The van der Waals surface area contributed by atoms with Crippen LogP contribution in [-0.2, 0) is 0 Å². The van der Waals surface area contributed by atoms with Gasteiger partial charge in [-0.2, -0.15) is 0 Å². The largest absolute Gasteiger partial charge is 0.461 e. The number of hydrogen-bond acceptors (Lipinski definition) is 4. The molecule has 132 valence electrons. The standard InChI is InChI=1S/C17H17F2N3O3/c18-12-3-1-4-13(19)16(12)20-17(24)22-8-6-21(7-9-22)11-14(23)15-5-2-10-25-15/h1-5,10H,6-9,11H2,(H,20,24). The summed E-state index contributed by atoms with van der Waals surface area (Å²) < 4.78 is 32.2. The predicted octanol–water partition coefficient (Wildman–Crippen LogP) is 2.59. The Morgan fingerprint density at radius 1 is 1.04 bits per heavy atom. The van der Waals surface area contributed by atoms with Crippen molar-refractivity contribution in [2.45, 2.75) is 0 Å². The second-order valence-electron chi connectivity index (χ2n) is 5.69. The highest BCUT2D eigenvalue weighted by Crippen LogP contribution is 2.18. The van der Waals surface area contributed by atoms with Gasteiger partial charge in [-0.15, -0.1) is 0 Å². The zero-order valence-corrected chi connectivity index (χ0v) is 13.4. The molecule has 1 aromatic carbocycles. The number of ketones is 1. The quantitative estimate of drug-likeness (QED) is 0.862. The number of piperazine rings is 1. The summed E-state index contributed by atoms with van der Waals surface area (Å²) in [6.07, 6.45) is 1.44. The highest BCUT2D eigenvalue weighted by Gasteiger charge is 2.24. The lowest BCUT2D eigenvalue weighted by atomic mass is 10.2. The molecule has 2 amide bonds. The number of para-hydroxylation sites is 1. The van der Waals surface area contributed by atoms with E-state index in [0.717, 1.165) is 12.1 Å². The van der Waals surface area contributed by atoms with Crippen molar-refractivity contribution in [2.75, 3.05) is 38.0 Å². The predicted molar refractivity (Wildman–Crippen MR) is 86.4 cm³/mol. The molecule has 0 aliphatic carbocycles. The van der Waals surface area contributed by atoms with E-state index in [4.69, 9.17) is 4.42 Å². The Labute approximate surface area is 143 Å². The molecule has 1 aliphatic rings. The fourth-order valence-electron chi connectivity index (χ4n) is 2.63. The van der Waals surface area contributed by atoms with Gasteiger partial charge < -0.3 is 14.6 Å². The normalized spacial score (nSPS) is 15.2. The number of Topliss-reactive ketones (excluding diaryl/α,β-unsaturated/α-hetero) is 1. The number of anilines is 1. The highest BCUT2D eigenvalue weighted by molar-refractivity contribution is 5.95. The van der Waals surface area contributed by atoms with Crippen LogP contribution in [0.3, 0.4) is 0 Å². The van der Waals surface area contributed by atoms with Crippen molar-refractivity contribution < 1.29 is 22.8 Å². The summed E-state index contributed by atoms with van der Waals surface area (Å²) in [5.74, 6) is -1.47. The van der Waals surface area contributed by atoms with E-state index in [1.807, 2.05) is 4.90 Å². The Morgan fingerprint density at radius 2 is 1.72 bits per heavy atom. The van der Waals surface area contributed by atoms with Crippen LogP contribution in [-0.4, -0.2) is 54.3 Å². The molecule has 0 unspecified atom stereocenters. The van der Waals surface area contributed by atoms with Gasteiger partial charge in [0.1, 0.15) is 17.3 Å². The van der Waals surface area contributed by atoms with Gasteiger partial charge in [0.25, 0.3) is 0 Å². The van der Waals surface area contributed by atoms with Crippen LogP contribution in [0.15, 0.2) is 41.0 Å². The number of nitrogens with one attached hydrogen (secondary N) is 1. The van der Waals surface area contributed by atoms with E-state index < -0.39 is 23.4 Å². The summed E-state index contributed by atoms with van der Waals surface area (Å²) in [7, 11) is 0. The molecule has 0 atom stereocenters. The van der Waals surface area contributed by atoms with Gasteiger partial charge in [0.15, 0.2) is 5.76 Å². The van der Waals surface area contributed by atoms with E-state index in [2.05, 4.69) is 5.32 Å². The van der Waals surface area contributed by atoms with E-state index in [1.165, 1.54) is 17.2 Å². The Kier molecular flexibility index (Phi) is 5.08. The molecular weight excluding hydrogens is 332 g/mol. The van der Waals surface area contributed by atoms with E-state index in [1.54, 1.807) is 12.1 Å². The van der Waals surface area contributed by atoms with E-state index in [0.29, 0.717) is 31.9 Å². The molecule has 1 aromatic heterocycles. The summed E-state index contributed by atoms with van der Waals surface area (Å²) in [5, 5.41) is 2.26. The van der Waals surface area contributed by atoms with Crippen LogP contribution >= 0.6 is 0 Å². The number of carbonyl (C=O) groups is 2. The van der Waals surface area contributed by atoms with Crippen molar-refractivity contribution in [3.05, 3.63) is 54.0 Å². The molecule has 0 bridgehead atoms. The minimum absolute atomic E-state index is 0.128. The molecule has 25 heavy (non-hydrogen) atoms. The second kappa shape index (κ2) is 7.43. The van der Waals surface area contributed by atoms with Crippen LogP contribution in [0.2, 0.25) is 0 Å². The molecule has 0 radical (unpaired) electrons. The molecule has 0 saturated carbocycles. The van der Waals surface area contributed by atoms with Gasteiger partial charge in [0.05, 0.1) is 12.8 Å². The highest BCUT2D eigenvalue weighted by atomic mass is 19.1. The minimum Gasteiger partial charge on any atom is -0.461 e. The summed E-state index contributed by atoms with van der Waals surface area (Å²) >= 11 is 0. The topological polar surface area (TPSA) is 65.8 Å². The number of urea groups is 1. The first-order valence-electron chi connectivity index (χ1n) is 7.83. The number of carbonyl (C=O) groups excluding carboxylic acids is 2. The van der Waals surface area contributed by atoms with Crippen molar-refractivity contribution in [3.8, 4) is 0 Å². The Bertz CT molecular complexity index is 736. The average molecular weight is 349 g/mol. The summed E-state index contributed by atoms with van der Waals surface area (Å²) in [5.41, 5.74) is -0.456. The summed E-state index contributed by atoms with van der Waals surface area (Å²) in [6.45, 7) is 1.88. The molecule has 2 aromatic rings. The molecule has 1 N–H and O–H groups in total. The van der Waals surface area contributed by atoms with E-state index in [-0.39, 0.29) is 12.3 Å². The summed E-state index contributed by atoms with van der Waals surface area (Å²) in [6, 6.07) is 6.08. The lowest BCUT2D eigenvalue weighted by Crippen LogP contribution is -2.51. The van der Waals surface area contributed by atoms with Crippen LogP contribution in [0.1, 0.15) is 10.6 Å². The minimum atomic E-state index is -0.823. The van der Waals surface area contributed by atoms with Gasteiger partial charge in [-0.1, -0.05) is 6.07 Å². The third-order valence-electron chi connectivity index (χ3n) is 4.02. The van der Waals surface area contributed by atoms with Crippen LogP contribution in [0.5, 0.6) is 0 Å². The van der Waals surface area contributed by atoms with Crippen LogP contribution in [0.4, 0.5) is 19.3 Å².